The van der Waals surface area contributed by atoms with Crippen LogP contribution in [0.5, 0.6) is 0 Å². The van der Waals surface area contributed by atoms with E-state index in [0.717, 1.165) is 18.6 Å². The standard InChI is InChI=1S/C23H24FN3O4S/c1-14-9-15(2)13-27(12-14)23(29)20-11-22(28)25-21-8-7-18(10-19(20)21)32(30,31)26-17-5-3-16(24)4-6-17/h3-8,10-11,14-15,26H,9,12-13H2,1-2H3,(H,25,28)/t14-,15-/m1/s1. The molecule has 32 heavy (non-hydrogen) atoms. The number of carbonyl (C=O) groups excluding carboxylic acids is 1. The average molecular weight is 458 g/mol. The number of nitrogens with one attached hydrogen (secondary N) is 2. The quantitative estimate of drug-likeness (QED) is 0.625. The van der Waals surface area contributed by atoms with Gasteiger partial charge < -0.3 is 9.88 Å². The van der Waals surface area contributed by atoms with Gasteiger partial charge in [0, 0.05) is 35.7 Å². The number of hydrogen-bond acceptors (Lipinski definition) is 4. The van der Waals surface area contributed by atoms with Gasteiger partial charge in [-0.2, -0.15) is 0 Å². The number of pyridine rings is 1. The second kappa shape index (κ2) is 8.38. The second-order valence-corrected chi connectivity index (χ2v) is 10.2. The topological polar surface area (TPSA) is 99.3 Å². The maximum atomic E-state index is 13.3. The number of aromatic amines is 1. The maximum Gasteiger partial charge on any atom is 0.261 e. The smallest absolute Gasteiger partial charge is 0.261 e. The highest BCUT2D eigenvalue weighted by Crippen LogP contribution is 2.26. The number of sulfonamides is 1. The van der Waals surface area contributed by atoms with Crippen molar-refractivity contribution >= 4 is 32.5 Å². The molecule has 2 atom stereocenters. The molecule has 1 aromatic heterocycles. The largest absolute Gasteiger partial charge is 0.338 e. The normalized spacial score (nSPS) is 19.2. The lowest BCUT2D eigenvalue weighted by Gasteiger charge is -2.35. The van der Waals surface area contributed by atoms with Crippen molar-refractivity contribution in [2.75, 3.05) is 17.8 Å². The first-order valence-electron chi connectivity index (χ1n) is 10.4. The van der Waals surface area contributed by atoms with Gasteiger partial charge in [-0.1, -0.05) is 13.8 Å². The van der Waals surface area contributed by atoms with Crippen molar-refractivity contribution < 1.29 is 17.6 Å². The summed E-state index contributed by atoms with van der Waals surface area (Å²) in [4.78, 5) is 29.8. The van der Waals surface area contributed by atoms with E-state index in [0.29, 0.717) is 35.8 Å². The van der Waals surface area contributed by atoms with E-state index in [9.17, 15) is 22.4 Å². The summed E-state index contributed by atoms with van der Waals surface area (Å²) in [5.41, 5.74) is 0.322. The van der Waals surface area contributed by atoms with Gasteiger partial charge in [-0.05, 0) is 60.7 Å². The van der Waals surface area contributed by atoms with E-state index in [1.54, 1.807) is 4.90 Å². The summed E-state index contributed by atoms with van der Waals surface area (Å²) in [7, 11) is -4.00. The molecule has 0 spiro atoms. The lowest BCUT2D eigenvalue weighted by Crippen LogP contribution is -2.42. The highest BCUT2D eigenvalue weighted by atomic mass is 32.2. The van der Waals surface area contributed by atoms with Crippen LogP contribution in [0.3, 0.4) is 0 Å². The van der Waals surface area contributed by atoms with Crippen LogP contribution in [0.15, 0.2) is 58.2 Å². The van der Waals surface area contributed by atoms with Gasteiger partial charge in [-0.25, -0.2) is 12.8 Å². The first-order valence-corrected chi connectivity index (χ1v) is 11.9. The van der Waals surface area contributed by atoms with Gasteiger partial charge in [0.15, 0.2) is 0 Å². The molecule has 1 amide bonds. The number of benzene rings is 2. The van der Waals surface area contributed by atoms with E-state index >= 15 is 0 Å². The monoisotopic (exact) mass is 457 g/mol. The zero-order chi connectivity index (χ0) is 23.0. The molecule has 1 aliphatic heterocycles. The maximum absolute atomic E-state index is 13.3. The predicted octanol–water partition coefficient (Wildman–Crippen LogP) is 3.59. The van der Waals surface area contributed by atoms with Crippen molar-refractivity contribution in [2.24, 2.45) is 11.8 Å². The number of carbonyl (C=O) groups is 1. The predicted molar refractivity (Wildman–Crippen MR) is 121 cm³/mol. The van der Waals surface area contributed by atoms with E-state index in [1.165, 1.54) is 36.4 Å². The minimum Gasteiger partial charge on any atom is -0.338 e. The van der Waals surface area contributed by atoms with Gasteiger partial charge in [0.2, 0.25) is 5.56 Å². The Morgan fingerprint density at radius 3 is 2.38 bits per heavy atom. The fourth-order valence-electron chi connectivity index (χ4n) is 4.31. The van der Waals surface area contributed by atoms with Crippen LogP contribution in [0.25, 0.3) is 10.9 Å². The Morgan fingerprint density at radius 1 is 1.06 bits per heavy atom. The molecule has 2 heterocycles. The van der Waals surface area contributed by atoms with Crippen molar-refractivity contribution in [3.05, 3.63) is 70.3 Å². The first-order chi connectivity index (χ1) is 15.1. The van der Waals surface area contributed by atoms with Gasteiger partial charge in [-0.15, -0.1) is 0 Å². The molecular weight excluding hydrogens is 433 g/mol. The molecular formula is C23H24FN3O4S. The van der Waals surface area contributed by atoms with E-state index < -0.39 is 21.4 Å². The number of anilines is 1. The third-order valence-corrected chi connectivity index (χ3v) is 6.99. The molecule has 2 aromatic carbocycles. The lowest BCUT2D eigenvalue weighted by molar-refractivity contribution is 0.0625. The number of fused-ring (bicyclic) bond motifs is 1. The molecule has 0 aliphatic carbocycles. The Morgan fingerprint density at radius 2 is 1.72 bits per heavy atom. The molecule has 168 valence electrons. The summed E-state index contributed by atoms with van der Waals surface area (Å²) >= 11 is 0. The number of aromatic nitrogens is 1. The fourth-order valence-corrected chi connectivity index (χ4v) is 5.39. The molecule has 0 radical (unpaired) electrons. The van der Waals surface area contributed by atoms with Crippen LogP contribution >= 0.6 is 0 Å². The summed E-state index contributed by atoms with van der Waals surface area (Å²) < 4.78 is 41.3. The number of halogens is 1. The van der Waals surface area contributed by atoms with Crippen LogP contribution in [0.1, 0.15) is 30.6 Å². The van der Waals surface area contributed by atoms with E-state index in [-0.39, 0.29) is 22.1 Å². The minimum absolute atomic E-state index is 0.0733. The van der Waals surface area contributed by atoms with E-state index in [4.69, 9.17) is 0 Å². The molecule has 1 saturated heterocycles. The molecule has 4 rings (SSSR count). The second-order valence-electron chi connectivity index (χ2n) is 8.52. The average Bonchev–Trinajstić information content (AvgIpc) is 2.73. The van der Waals surface area contributed by atoms with Crippen LogP contribution < -0.4 is 10.3 Å². The number of H-pyrrole nitrogens is 1. The molecule has 9 heteroatoms. The highest BCUT2D eigenvalue weighted by Gasteiger charge is 2.28. The summed E-state index contributed by atoms with van der Waals surface area (Å²) in [6.45, 7) is 5.33. The molecule has 0 saturated carbocycles. The molecule has 0 unspecified atom stereocenters. The molecule has 2 N–H and O–H groups in total. The Kier molecular flexibility index (Phi) is 5.77. The van der Waals surface area contributed by atoms with Crippen molar-refractivity contribution in [1.29, 1.82) is 0 Å². The van der Waals surface area contributed by atoms with Crippen molar-refractivity contribution in [3.63, 3.8) is 0 Å². The molecule has 0 bridgehead atoms. The minimum atomic E-state index is -4.00. The summed E-state index contributed by atoms with van der Waals surface area (Å²) in [6, 6.07) is 10.4. The Labute approximate surface area is 185 Å². The van der Waals surface area contributed by atoms with Gasteiger partial charge in [0.1, 0.15) is 5.82 Å². The van der Waals surface area contributed by atoms with Crippen molar-refractivity contribution in [2.45, 2.75) is 25.2 Å². The number of piperidine rings is 1. The van der Waals surface area contributed by atoms with Gasteiger partial charge >= 0.3 is 0 Å². The fraction of sp³-hybridized carbons (Fsp3) is 0.304. The molecule has 1 fully saturated rings. The third-order valence-electron chi connectivity index (χ3n) is 5.61. The summed E-state index contributed by atoms with van der Waals surface area (Å²) in [6.07, 6.45) is 1.03. The summed E-state index contributed by atoms with van der Waals surface area (Å²) in [5, 5.41) is 0.350. The number of likely N-dealkylation sites (tertiary alicyclic amines) is 1. The Balaban J connectivity index is 1.74. The van der Waals surface area contributed by atoms with Gasteiger partial charge in [0.25, 0.3) is 15.9 Å². The van der Waals surface area contributed by atoms with Gasteiger partial charge in [0.05, 0.1) is 10.5 Å². The number of amides is 1. The Hall–Kier alpha value is -3.20. The lowest BCUT2D eigenvalue weighted by atomic mass is 9.91. The van der Waals surface area contributed by atoms with Crippen LogP contribution in [0, 0.1) is 17.7 Å². The van der Waals surface area contributed by atoms with Crippen molar-refractivity contribution in [3.8, 4) is 0 Å². The SMILES string of the molecule is C[C@@H]1C[C@@H](C)CN(C(=O)c2cc(=O)[nH]c3ccc(S(=O)(=O)Nc4ccc(F)cc4)cc23)C1. The molecule has 1 aliphatic rings. The number of rotatable bonds is 4. The molecule has 7 nitrogen and oxygen atoms in total. The van der Waals surface area contributed by atoms with Crippen molar-refractivity contribution in [1.82, 2.24) is 9.88 Å². The number of nitrogens with zero attached hydrogens (tertiary/aromatic N) is 1. The highest BCUT2D eigenvalue weighted by molar-refractivity contribution is 7.92. The third kappa shape index (κ3) is 4.52. The number of hydrogen-bond donors (Lipinski definition) is 2. The van der Waals surface area contributed by atoms with Gasteiger partial charge in [-0.3, -0.25) is 14.3 Å². The Bertz CT molecular complexity index is 1330. The van der Waals surface area contributed by atoms with E-state index in [1.807, 2.05) is 0 Å². The van der Waals surface area contributed by atoms with Crippen LogP contribution in [0.2, 0.25) is 0 Å². The first kappa shape index (κ1) is 22.0. The zero-order valence-electron chi connectivity index (χ0n) is 17.8. The molecule has 3 aromatic rings. The summed E-state index contributed by atoms with van der Waals surface area (Å²) in [5.74, 6) is -0.0914. The van der Waals surface area contributed by atoms with Crippen LogP contribution in [-0.4, -0.2) is 37.3 Å². The zero-order valence-corrected chi connectivity index (χ0v) is 18.6. The van der Waals surface area contributed by atoms with E-state index in [2.05, 4.69) is 23.6 Å². The van der Waals surface area contributed by atoms with Crippen LogP contribution in [0.4, 0.5) is 10.1 Å². The van der Waals surface area contributed by atoms with Crippen LogP contribution in [-0.2, 0) is 10.0 Å².